The molecule has 0 aliphatic carbocycles. The predicted molar refractivity (Wildman–Crippen MR) is 82.5 cm³/mol. The number of hydrogen-bond donors (Lipinski definition) is 1. The van der Waals surface area contributed by atoms with Crippen molar-refractivity contribution in [1.82, 2.24) is 0 Å². The molecule has 1 fully saturated rings. The van der Waals surface area contributed by atoms with Crippen LogP contribution in [0.1, 0.15) is 23.6 Å². The fourth-order valence-corrected chi connectivity index (χ4v) is 3.24. The standard InChI is InChI=1S/C18H19NO2/c1-12-6-8-13(9-7-12)19-17-14-4-2-3-5-16(14)21-18-15(17)10-11-20-18/h2-9,15,17-19H,10-11H2,1H3/t15-,17-,18+/m0/s1. The van der Waals surface area contributed by atoms with Gasteiger partial charge in [0.05, 0.1) is 12.6 Å². The summed E-state index contributed by atoms with van der Waals surface area (Å²) in [7, 11) is 0. The third-order valence-corrected chi connectivity index (χ3v) is 4.38. The second-order valence-electron chi connectivity index (χ2n) is 5.84. The summed E-state index contributed by atoms with van der Waals surface area (Å²) >= 11 is 0. The van der Waals surface area contributed by atoms with Gasteiger partial charge in [-0.3, -0.25) is 0 Å². The Bertz CT molecular complexity index is 638. The van der Waals surface area contributed by atoms with Crippen molar-refractivity contribution < 1.29 is 9.47 Å². The summed E-state index contributed by atoms with van der Waals surface area (Å²) in [5.74, 6) is 1.30. The molecule has 2 aliphatic rings. The van der Waals surface area contributed by atoms with Crippen LogP contribution in [-0.2, 0) is 4.74 Å². The van der Waals surface area contributed by atoms with Crippen molar-refractivity contribution in [1.29, 1.82) is 0 Å². The normalized spacial score (nSPS) is 26.6. The number of benzene rings is 2. The van der Waals surface area contributed by atoms with Gasteiger partial charge in [-0.25, -0.2) is 0 Å². The quantitative estimate of drug-likeness (QED) is 0.905. The molecule has 21 heavy (non-hydrogen) atoms. The highest BCUT2D eigenvalue weighted by Gasteiger charge is 2.42. The Kier molecular flexibility index (Phi) is 3.08. The molecule has 4 rings (SSSR count). The number of anilines is 1. The van der Waals surface area contributed by atoms with Crippen LogP contribution in [0.5, 0.6) is 5.75 Å². The van der Waals surface area contributed by atoms with Gasteiger partial charge in [0.2, 0.25) is 6.29 Å². The van der Waals surface area contributed by atoms with Crippen LogP contribution in [0.15, 0.2) is 48.5 Å². The maximum atomic E-state index is 5.98. The van der Waals surface area contributed by atoms with Crippen molar-refractivity contribution in [2.45, 2.75) is 25.7 Å². The third-order valence-electron chi connectivity index (χ3n) is 4.38. The highest BCUT2D eigenvalue weighted by atomic mass is 16.7. The molecule has 0 bridgehead atoms. The van der Waals surface area contributed by atoms with Crippen molar-refractivity contribution in [2.24, 2.45) is 5.92 Å². The van der Waals surface area contributed by atoms with Gasteiger partial charge in [-0.05, 0) is 31.5 Å². The minimum atomic E-state index is -0.122. The van der Waals surface area contributed by atoms with E-state index in [1.165, 1.54) is 11.1 Å². The molecule has 2 aromatic carbocycles. The van der Waals surface area contributed by atoms with E-state index in [4.69, 9.17) is 9.47 Å². The van der Waals surface area contributed by atoms with E-state index in [-0.39, 0.29) is 12.3 Å². The van der Waals surface area contributed by atoms with Gasteiger partial charge in [0.25, 0.3) is 0 Å². The molecule has 108 valence electrons. The van der Waals surface area contributed by atoms with Crippen LogP contribution >= 0.6 is 0 Å². The number of para-hydroxylation sites is 1. The van der Waals surface area contributed by atoms with E-state index in [9.17, 15) is 0 Å². The highest BCUT2D eigenvalue weighted by Crippen LogP contribution is 2.44. The lowest BCUT2D eigenvalue weighted by molar-refractivity contribution is -0.0747. The molecule has 3 nitrogen and oxygen atoms in total. The summed E-state index contributed by atoms with van der Waals surface area (Å²) in [4.78, 5) is 0. The molecule has 3 heteroatoms. The maximum absolute atomic E-state index is 5.98. The Hall–Kier alpha value is -2.00. The van der Waals surface area contributed by atoms with Crippen LogP contribution in [0.25, 0.3) is 0 Å². The third kappa shape index (κ3) is 2.28. The first-order chi connectivity index (χ1) is 10.3. The van der Waals surface area contributed by atoms with Crippen LogP contribution in [0.4, 0.5) is 5.69 Å². The van der Waals surface area contributed by atoms with Gasteiger partial charge in [0, 0.05) is 17.2 Å². The van der Waals surface area contributed by atoms with Crippen molar-refractivity contribution in [3.63, 3.8) is 0 Å². The summed E-state index contributed by atoms with van der Waals surface area (Å²) < 4.78 is 11.7. The predicted octanol–water partition coefficient (Wildman–Crippen LogP) is 3.90. The van der Waals surface area contributed by atoms with Gasteiger partial charge in [-0.15, -0.1) is 0 Å². The molecule has 0 saturated carbocycles. The van der Waals surface area contributed by atoms with E-state index >= 15 is 0 Å². The lowest BCUT2D eigenvalue weighted by Gasteiger charge is -2.35. The summed E-state index contributed by atoms with van der Waals surface area (Å²) in [6.07, 6.45) is 0.908. The lowest BCUT2D eigenvalue weighted by Crippen LogP contribution is -2.36. The molecule has 1 saturated heterocycles. The molecule has 0 spiro atoms. The zero-order chi connectivity index (χ0) is 14.2. The number of aryl methyl sites for hydroxylation is 1. The summed E-state index contributed by atoms with van der Waals surface area (Å²) in [5.41, 5.74) is 3.65. The first kappa shape index (κ1) is 12.7. The number of rotatable bonds is 2. The zero-order valence-electron chi connectivity index (χ0n) is 12.1. The van der Waals surface area contributed by atoms with E-state index in [1.54, 1.807) is 0 Å². The summed E-state index contributed by atoms with van der Waals surface area (Å²) in [5, 5.41) is 3.68. The molecular formula is C18H19NO2. The van der Waals surface area contributed by atoms with Crippen molar-refractivity contribution in [2.75, 3.05) is 11.9 Å². The highest BCUT2D eigenvalue weighted by molar-refractivity contribution is 5.50. The molecule has 2 aliphatic heterocycles. The van der Waals surface area contributed by atoms with Gasteiger partial charge in [0.15, 0.2) is 0 Å². The Labute approximate surface area is 124 Å². The fraction of sp³-hybridized carbons (Fsp3) is 0.333. The minimum absolute atomic E-state index is 0.122. The molecule has 0 aromatic heterocycles. The van der Waals surface area contributed by atoms with Crippen LogP contribution in [-0.4, -0.2) is 12.9 Å². The SMILES string of the molecule is Cc1ccc(N[C@H]2c3ccccc3O[C@H]3OCC[C@H]32)cc1. The molecule has 0 radical (unpaired) electrons. The van der Waals surface area contributed by atoms with E-state index in [2.05, 4.69) is 48.6 Å². The van der Waals surface area contributed by atoms with E-state index in [0.717, 1.165) is 24.5 Å². The van der Waals surface area contributed by atoms with Gasteiger partial charge >= 0.3 is 0 Å². The van der Waals surface area contributed by atoms with Gasteiger partial charge in [-0.2, -0.15) is 0 Å². The minimum Gasteiger partial charge on any atom is -0.464 e. The maximum Gasteiger partial charge on any atom is 0.205 e. The Balaban J connectivity index is 1.69. The summed E-state index contributed by atoms with van der Waals surface area (Å²) in [6.45, 7) is 2.88. The lowest BCUT2D eigenvalue weighted by atomic mass is 9.88. The summed E-state index contributed by atoms with van der Waals surface area (Å²) in [6, 6.07) is 17.0. The molecular weight excluding hydrogens is 262 g/mol. The molecule has 0 unspecified atom stereocenters. The number of nitrogens with one attached hydrogen (secondary N) is 1. The largest absolute Gasteiger partial charge is 0.464 e. The average Bonchev–Trinajstić information content (AvgIpc) is 2.97. The van der Waals surface area contributed by atoms with Crippen LogP contribution in [0.2, 0.25) is 0 Å². The van der Waals surface area contributed by atoms with Crippen molar-refractivity contribution >= 4 is 5.69 Å². The number of ether oxygens (including phenoxy) is 2. The molecule has 3 atom stereocenters. The van der Waals surface area contributed by atoms with E-state index in [0.29, 0.717) is 5.92 Å². The van der Waals surface area contributed by atoms with E-state index < -0.39 is 0 Å². The van der Waals surface area contributed by atoms with E-state index in [1.807, 2.05) is 12.1 Å². The first-order valence-electron chi connectivity index (χ1n) is 7.52. The molecule has 2 aromatic rings. The van der Waals surface area contributed by atoms with Gasteiger partial charge in [0.1, 0.15) is 5.75 Å². The van der Waals surface area contributed by atoms with Crippen LogP contribution < -0.4 is 10.1 Å². The second-order valence-corrected chi connectivity index (χ2v) is 5.84. The fourth-order valence-electron chi connectivity index (χ4n) is 3.24. The van der Waals surface area contributed by atoms with Crippen LogP contribution in [0.3, 0.4) is 0 Å². The van der Waals surface area contributed by atoms with Gasteiger partial charge < -0.3 is 14.8 Å². The Morgan fingerprint density at radius 1 is 1.05 bits per heavy atom. The Morgan fingerprint density at radius 3 is 2.71 bits per heavy atom. The van der Waals surface area contributed by atoms with Gasteiger partial charge in [-0.1, -0.05) is 35.9 Å². The topological polar surface area (TPSA) is 30.5 Å². The molecule has 2 heterocycles. The molecule has 1 N–H and O–H groups in total. The Morgan fingerprint density at radius 2 is 1.86 bits per heavy atom. The average molecular weight is 281 g/mol. The number of fused-ring (bicyclic) bond motifs is 2. The smallest absolute Gasteiger partial charge is 0.205 e. The monoisotopic (exact) mass is 281 g/mol. The first-order valence-corrected chi connectivity index (χ1v) is 7.52. The number of hydrogen-bond acceptors (Lipinski definition) is 3. The van der Waals surface area contributed by atoms with Crippen LogP contribution in [0, 0.1) is 12.8 Å². The van der Waals surface area contributed by atoms with Crippen molar-refractivity contribution in [3.8, 4) is 5.75 Å². The van der Waals surface area contributed by atoms with Crippen molar-refractivity contribution in [3.05, 3.63) is 59.7 Å². The zero-order valence-corrected chi connectivity index (χ0v) is 12.1. The second kappa shape index (κ2) is 5.08. The molecule has 0 amide bonds.